The minimum Gasteiger partial charge on any atom is -0.384 e. The van der Waals surface area contributed by atoms with Gasteiger partial charge in [0.15, 0.2) is 0 Å². The lowest BCUT2D eigenvalue weighted by atomic mass is 10.1. The summed E-state index contributed by atoms with van der Waals surface area (Å²) in [6.07, 6.45) is 1.45. The van der Waals surface area contributed by atoms with Crippen molar-refractivity contribution in [2.45, 2.75) is 33.0 Å². The standard InChI is InChI=1S/C24H27N7O3/c1-15(2)29-24(34)30-22-23(33)31(19(13-28-22)17-6-4-3-5-7-17)14-20(32)27-12-16-8-10-18(11-9-16)21(25)26/h3-11,13,15H,12,14H2,1-2H3,(H3,25,26)(H,27,32)(H2,28,29,30,34). The summed E-state index contributed by atoms with van der Waals surface area (Å²) in [7, 11) is 0. The van der Waals surface area contributed by atoms with Crippen molar-refractivity contribution in [1.82, 2.24) is 20.2 Å². The Bertz CT molecular complexity index is 1240. The van der Waals surface area contributed by atoms with Crippen molar-refractivity contribution < 1.29 is 9.59 Å². The molecular formula is C24H27N7O3. The van der Waals surface area contributed by atoms with E-state index in [0.29, 0.717) is 16.8 Å². The average Bonchev–Trinajstić information content (AvgIpc) is 2.80. The molecule has 0 aliphatic heterocycles. The van der Waals surface area contributed by atoms with E-state index < -0.39 is 17.5 Å². The second kappa shape index (κ2) is 10.9. The summed E-state index contributed by atoms with van der Waals surface area (Å²) in [4.78, 5) is 42.1. The molecule has 0 aliphatic rings. The van der Waals surface area contributed by atoms with Crippen LogP contribution in [0.15, 0.2) is 65.6 Å². The zero-order chi connectivity index (χ0) is 24.7. The minimum atomic E-state index is -0.596. The van der Waals surface area contributed by atoms with Gasteiger partial charge in [-0.2, -0.15) is 0 Å². The number of urea groups is 1. The molecule has 1 aromatic heterocycles. The molecule has 0 saturated heterocycles. The van der Waals surface area contributed by atoms with Crippen molar-refractivity contribution in [2.75, 3.05) is 5.32 Å². The molecule has 176 valence electrons. The van der Waals surface area contributed by atoms with E-state index in [1.165, 1.54) is 10.8 Å². The molecule has 0 aliphatic carbocycles. The molecule has 1 heterocycles. The number of hydrogen-bond acceptors (Lipinski definition) is 5. The molecule has 0 bridgehead atoms. The number of nitrogens with two attached hydrogens (primary N) is 1. The number of amidine groups is 1. The Kier molecular flexibility index (Phi) is 7.75. The van der Waals surface area contributed by atoms with Gasteiger partial charge in [-0.05, 0) is 25.0 Å². The zero-order valence-corrected chi connectivity index (χ0v) is 19.0. The second-order valence-electron chi connectivity index (χ2n) is 7.89. The van der Waals surface area contributed by atoms with E-state index in [9.17, 15) is 14.4 Å². The summed E-state index contributed by atoms with van der Waals surface area (Å²) in [6.45, 7) is 3.56. The van der Waals surface area contributed by atoms with Crippen molar-refractivity contribution in [3.8, 4) is 11.3 Å². The van der Waals surface area contributed by atoms with Gasteiger partial charge in [-0.15, -0.1) is 0 Å². The first-order chi connectivity index (χ1) is 16.2. The molecule has 0 saturated carbocycles. The summed E-state index contributed by atoms with van der Waals surface area (Å²) in [5.74, 6) is -0.600. The summed E-state index contributed by atoms with van der Waals surface area (Å²) in [6, 6.07) is 15.3. The Hall–Kier alpha value is -4.47. The Morgan fingerprint density at radius 3 is 2.38 bits per heavy atom. The Morgan fingerprint density at radius 2 is 1.76 bits per heavy atom. The molecular weight excluding hydrogens is 434 g/mol. The van der Waals surface area contributed by atoms with Crippen LogP contribution in [0, 0.1) is 5.41 Å². The lowest BCUT2D eigenvalue weighted by Gasteiger charge is -2.15. The van der Waals surface area contributed by atoms with E-state index in [0.717, 1.165) is 5.56 Å². The van der Waals surface area contributed by atoms with E-state index in [1.54, 1.807) is 50.2 Å². The molecule has 10 heteroatoms. The van der Waals surface area contributed by atoms with Crippen molar-refractivity contribution in [2.24, 2.45) is 5.73 Å². The highest BCUT2D eigenvalue weighted by molar-refractivity contribution is 5.94. The van der Waals surface area contributed by atoms with Crippen LogP contribution in [0.5, 0.6) is 0 Å². The highest BCUT2D eigenvalue weighted by atomic mass is 16.2. The van der Waals surface area contributed by atoms with Gasteiger partial charge in [0.2, 0.25) is 11.7 Å². The number of nitrogens with one attached hydrogen (secondary N) is 4. The van der Waals surface area contributed by atoms with Gasteiger partial charge in [0.1, 0.15) is 12.4 Å². The number of nitrogen functional groups attached to an aromatic ring is 1. The fourth-order valence-electron chi connectivity index (χ4n) is 3.18. The average molecular weight is 462 g/mol. The number of benzene rings is 2. The molecule has 3 aromatic rings. The quantitative estimate of drug-likeness (QED) is 0.256. The first-order valence-corrected chi connectivity index (χ1v) is 10.7. The fourth-order valence-corrected chi connectivity index (χ4v) is 3.18. The Balaban J connectivity index is 1.82. The van der Waals surface area contributed by atoms with Gasteiger partial charge in [-0.3, -0.25) is 24.9 Å². The molecule has 0 spiro atoms. The minimum absolute atomic E-state index is 0.0346. The third-order valence-electron chi connectivity index (χ3n) is 4.83. The van der Waals surface area contributed by atoms with Crippen LogP contribution in [0.2, 0.25) is 0 Å². The van der Waals surface area contributed by atoms with Crippen molar-refractivity contribution >= 4 is 23.6 Å². The number of amides is 3. The van der Waals surface area contributed by atoms with Crippen LogP contribution in [-0.2, 0) is 17.9 Å². The zero-order valence-electron chi connectivity index (χ0n) is 19.0. The molecule has 10 nitrogen and oxygen atoms in total. The van der Waals surface area contributed by atoms with Gasteiger partial charge < -0.3 is 16.4 Å². The number of aromatic nitrogens is 2. The van der Waals surface area contributed by atoms with Gasteiger partial charge in [0, 0.05) is 18.2 Å². The molecule has 34 heavy (non-hydrogen) atoms. The second-order valence-corrected chi connectivity index (χ2v) is 7.89. The van der Waals surface area contributed by atoms with Crippen LogP contribution in [0.1, 0.15) is 25.0 Å². The van der Waals surface area contributed by atoms with E-state index >= 15 is 0 Å². The molecule has 3 rings (SSSR count). The van der Waals surface area contributed by atoms with Crippen LogP contribution in [0.3, 0.4) is 0 Å². The highest BCUT2D eigenvalue weighted by Crippen LogP contribution is 2.17. The third kappa shape index (κ3) is 6.28. The molecule has 2 aromatic carbocycles. The topological polar surface area (TPSA) is 155 Å². The number of rotatable bonds is 8. The van der Waals surface area contributed by atoms with Crippen molar-refractivity contribution in [3.63, 3.8) is 0 Å². The van der Waals surface area contributed by atoms with Crippen LogP contribution in [-0.4, -0.2) is 33.4 Å². The molecule has 0 unspecified atom stereocenters. The number of nitrogens with zero attached hydrogens (tertiary/aromatic N) is 2. The van der Waals surface area contributed by atoms with E-state index in [4.69, 9.17) is 11.1 Å². The monoisotopic (exact) mass is 461 g/mol. The van der Waals surface area contributed by atoms with Gasteiger partial charge in [-0.1, -0.05) is 54.6 Å². The molecule has 0 fully saturated rings. The van der Waals surface area contributed by atoms with E-state index in [-0.39, 0.29) is 30.8 Å². The summed E-state index contributed by atoms with van der Waals surface area (Å²) in [5.41, 5.74) is 7.42. The van der Waals surface area contributed by atoms with Crippen LogP contribution >= 0.6 is 0 Å². The SMILES string of the molecule is CC(C)NC(=O)Nc1ncc(-c2ccccc2)n(CC(=O)NCc2ccc(C(=N)N)cc2)c1=O. The number of hydrogen-bond donors (Lipinski definition) is 5. The molecule has 0 atom stereocenters. The lowest BCUT2D eigenvalue weighted by Crippen LogP contribution is -2.38. The Morgan fingerprint density at radius 1 is 1.09 bits per heavy atom. The van der Waals surface area contributed by atoms with Crippen LogP contribution in [0.4, 0.5) is 10.6 Å². The van der Waals surface area contributed by atoms with Gasteiger partial charge in [0.25, 0.3) is 5.56 Å². The molecule has 6 N–H and O–H groups in total. The summed E-state index contributed by atoms with van der Waals surface area (Å²) >= 11 is 0. The van der Waals surface area contributed by atoms with Crippen LogP contribution in [0.25, 0.3) is 11.3 Å². The van der Waals surface area contributed by atoms with Crippen molar-refractivity contribution in [3.05, 3.63) is 82.3 Å². The third-order valence-corrected chi connectivity index (χ3v) is 4.83. The summed E-state index contributed by atoms with van der Waals surface area (Å²) in [5, 5.41) is 15.3. The van der Waals surface area contributed by atoms with E-state index in [2.05, 4.69) is 20.9 Å². The maximum Gasteiger partial charge on any atom is 0.320 e. The summed E-state index contributed by atoms with van der Waals surface area (Å²) < 4.78 is 1.28. The smallest absolute Gasteiger partial charge is 0.320 e. The van der Waals surface area contributed by atoms with Gasteiger partial charge >= 0.3 is 6.03 Å². The fraction of sp³-hybridized carbons (Fsp3) is 0.208. The number of carbonyl (C=O) groups is 2. The van der Waals surface area contributed by atoms with Crippen molar-refractivity contribution in [1.29, 1.82) is 5.41 Å². The van der Waals surface area contributed by atoms with E-state index in [1.807, 2.05) is 18.2 Å². The first-order valence-electron chi connectivity index (χ1n) is 10.7. The first kappa shape index (κ1) is 24.2. The maximum absolute atomic E-state index is 13.1. The number of carbonyl (C=O) groups excluding carboxylic acids is 2. The normalized spacial score (nSPS) is 10.6. The predicted molar refractivity (Wildman–Crippen MR) is 131 cm³/mol. The van der Waals surface area contributed by atoms with Gasteiger partial charge in [0.05, 0.1) is 11.9 Å². The van der Waals surface area contributed by atoms with Crippen LogP contribution < -0.4 is 27.2 Å². The highest BCUT2D eigenvalue weighted by Gasteiger charge is 2.16. The maximum atomic E-state index is 13.1. The largest absolute Gasteiger partial charge is 0.384 e. The Labute approximate surface area is 196 Å². The predicted octanol–water partition coefficient (Wildman–Crippen LogP) is 2.04. The lowest BCUT2D eigenvalue weighted by molar-refractivity contribution is -0.121. The van der Waals surface area contributed by atoms with Gasteiger partial charge in [-0.25, -0.2) is 9.78 Å². The molecule has 0 radical (unpaired) electrons. The molecule has 3 amide bonds. The number of anilines is 1.